The largest absolute Gasteiger partial charge is 0.508 e. The number of benzene rings is 1. The first-order valence-electron chi connectivity index (χ1n) is 11.0. The van der Waals surface area contributed by atoms with Crippen molar-refractivity contribution in [2.24, 2.45) is 5.92 Å². The highest BCUT2D eigenvalue weighted by atomic mass is 16.3. The van der Waals surface area contributed by atoms with Crippen molar-refractivity contribution in [3.05, 3.63) is 89.3 Å². The number of aliphatic hydroxyl groups excluding tert-OH is 1. The number of ketones is 1. The lowest BCUT2D eigenvalue weighted by Crippen LogP contribution is -2.31. The standard InChI is InChI=1S/C27H33NO4/c1-4-5-6-7-9-19(2)10-8-11-20(3)12-17-24(30)25-26(31)23(28-27(25)32)18-21-13-15-22(29)16-14-21/h4-7,11-17,19,23,29-30H,8-10,18H2,1-3H3,(H,28,32)/b5-4-,7-6+,17-12+,20-11+,25-24+/t19-,23+/m1/s1. The van der Waals surface area contributed by atoms with Crippen molar-refractivity contribution in [2.45, 2.75) is 52.5 Å². The SMILES string of the molecule is C/C=C\C=C\C[C@@H](C)CC/C=C(C)/C=C/C(O)=C1\C(=O)N[C@@H](Cc2ccc(O)cc2)C1=O. The number of aliphatic hydroxyl groups is 1. The lowest BCUT2D eigenvalue weighted by molar-refractivity contribution is -0.117. The highest BCUT2D eigenvalue weighted by molar-refractivity contribution is 6.27. The average molecular weight is 436 g/mol. The molecule has 1 amide bonds. The minimum Gasteiger partial charge on any atom is -0.508 e. The smallest absolute Gasteiger partial charge is 0.259 e. The van der Waals surface area contributed by atoms with Crippen LogP contribution in [-0.4, -0.2) is 27.9 Å². The molecule has 1 aliphatic heterocycles. The first kappa shape index (κ1) is 24.9. The van der Waals surface area contributed by atoms with Crippen LogP contribution in [0.15, 0.2) is 83.7 Å². The molecule has 0 unspecified atom stereocenters. The third kappa shape index (κ3) is 7.73. The number of aromatic hydroxyl groups is 1. The monoisotopic (exact) mass is 435 g/mol. The number of phenolic OH excluding ortho intramolecular Hbond substituents is 1. The van der Waals surface area contributed by atoms with Crippen molar-refractivity contribution in [1.29, 1.82) is 0 Å². The second-order valence-corrected chi connectivity index (χ2v) is 8.17. The van der Waals surface area contributed by atoms with Crippen LogP contribution >= 0.6 is 0 Å². The summed E-state index contributed by atoms with van der Waals surface area (Å²) in [5.74, 6) is -0.603. The van der Waals surface area contributed by atoms with Gasteiger partial charge in [0.1, 0.15) is 17.1 Å². The summed E-state index contributed by atoms with van der Waals surface area (Å²) in [6.07, 6.45) is 16.8. The Morgan fingerprint density at radius 3 is 2.56 bits per heavy atom. The van der Waals surface area contributed by atoms with Crippen LogP contribution in [0.5, 0.6) is 5.75 Å². The van der Waals surface area contributed by atoms with Gasteiger partial charge in [0.2, 0.25) is 0 Å². The van der Waals surface area contributed by atoms with Gasteiger partial charge >= 0.3 is 0 Å². The molecule has 0 bridgehead atoms. The van der Waals surface area contributed by atoms with Gasteiger partial charge < -0.3 is 15.5 Å². The van der Waals surface area contributed by atoms with Crippen LogP contribution in [0, 0.1) is 5.92 Å². The van der Waals surface area contributed by atoms with Gasteiger partial charge in [0.05, 0.1) is 6.04 Å². The third-order valence-corrected chi connectivity index (χ3v) is 5.34. The van der Waals surface area contributed by atoms with Crippen molar-refractivity contribution in [1.82, 2.24) is 5.32 Å². The zero-order valence-corrected chi connectivity index (χ0v) is 19.0. The van der Waals surface area contributed by atoms with E-state index in [9.17, 15) is 19.8 Å². The average Bonchev–Trinajstić information content (AvgIpc) is 3.04. The number of carbonyl (C=O) groups is 2. The Morgan fingerprint density at radius 1 is 1.16 bits per heavy atom. The van der Waals surface area contributed by atoms with E-state index < -0.39 is 17.7 Å². The molecule has 0 aliphatic carbocycles. The fourth-order valence-corrected chi connectivity index (χ4v) is 3.41. The number of rotatable bonds is 10. The quantitative estimate of drug-likeness (QED) is 0.203. The lowest BCUT2D eigenvalue weighted by atomic mass is 10.00. The molecule has 1 fully saturated rings. The molecule has 1 aromatic carbocycles. The fourth-order valence-electron chi connectivity index (χ4n) is 3.41. The molecular weight excluding hydrogens is 402 g/mol. The Hall–Kier alpha value is -3.34. The maximum Gasteiger partial charge on any atom is 0.259 e. The van der Waals surface area contributed by atoms with Gasteiger partial charge in [-0.1, -0.05) is 61.1 Å². The molecule has 1 aromatic rings. The van der Waals surface area contributed by atoms with E-state index in [4.69, 9.17) is 0 Å². The molecule has 3 N–H and O–H groups in total. The van der Waals surface area contributed by atoms with Gasteiger partial charge in [-0.15, -0.1) is 0 Å². The highest BCUT2D eigenvalue weighted by Gasteiger charge is 2.37. The lowest BCUT2D eigenvalue weighted by Gasteiger charge is -2.08. The molecule has 0 radical (unpaired) electrons. The maximum atomic E-state index is 12.6. The van der Waals surface area contributed by atoms with Gasteiger partial charge in [0.15, 0.2) is 5.78 Å². The van der Waals surface area contributed by atoms with Gasteiger partial charge in [0, 0.05) is 6.42 Å². The zero-order valence-electron chi connectivity index (χ0n) is 19.0. The maximum absolute atomic E-state index is 12.6. The first-order valence-corrected chi connectivity index (χ1v) is 11.0. The summed E-state index contributed by atoms with van der Waals surface area (Å²) in [6, 6.07) is 5.74. The molecular formula is C27H33NO4. The Labute approximate surface area is 190 Å². The zero-order chi connectivity index (χ0) is 23.5. The van der Waals surface area contributed by atoms with Crippen molar-refractivity contribution in [2.75, 3.05) is 0 Å². The molecule has 5 nitrogen and oxygen atoms in total. The van der Waals surface area contributed by atoms with E-state index in [0.717, 1.165) is 30.4 Å². The number of nitrogens with one attached hydrogen (secondary N) is 1. The highest BCUT2D eigenvalue weighted by Crippen LogP contribution is 2.20. The number of hydrogen-bond acceptors (Lipinski definition) is 4. The summed E-state index contributed by atoms with van der Waals surface area (Å²) >= 11 is 0. The van der Waals surface area contributed by atoms with E-state index in [2.05, 4.69) is 30.5 Å². The summed E-state index contributed by atoms with van der Waals surface area (Å²) in [7, 11) is 0. The minimum atomic E-state index is -0.724. The van der Waals surface area contributed by atoms with E-state index in [0.29, 0.717) is 12.3 Å². The molecule has 5 heteroatoms. The molecule has 0 saturated carbocycles. The fraction of sp³-hybridized carbons (Fsp3) is 0.333. The van der Waals surface area contributed by atoms with Gasteiger partial charge in [-0.25, -0.2) is 0 Å². The topological polar surface area (TPSA) is 86.6 Å². The van der Waals surface area contributed by atoms with Crippen LogP contribution < -0.4 is 5.32 Å². The first-order chi connectivity index (χ1) is 15.3. The summed E-state index contributed by atoms with van der Waals surface area (Å²) in [4.78, 5) is 24.9. The van der Waals surface area contributed by atoms with Crippen LogP contribution in [0.3, 0.4) is 0 Å². The minimum absolute atomic E-state index is 0.137. The molecule has 0 spiro atoms. The van der Waals surface area contributed by atoms with Crippen molar-refractivity contribution < 1.29 is 19.8 Å². The Balaban J connectivity index is 1.93. The van der Waals surface area contributed by atoms with Crippen molar-refractivity contribution in [3.63, 3.8) is 0 Å². The number of hydrogen-bond donors (Lipinski definition) is 3. The van der Waals surface area contributed by atoms with Crippen molar-refractivity contribution in [3.8, 4) is 5.75 Å². The molecule has 1 saturated heterocycles. The normalized spacial score (nSPS) is 20.0. The van der Waals surface area contributed by atoms with Crippen LogP contribution in [0.2, 0.25) is 0 Å². The number of phenols is 1. The molecule has 32 heavy (non-hydrogen) atoms. The van der Waals surface area contributed by atoms with Gasteiger partial charge in [-0.3, -0.25) is 9.59 Å². The number of carbonyl (C=O) groups excluding carboxylic acids is 2. The van der Waals surface area contributed by atoms with Crippen LogP contribution in [0.25, 0.3) is 0 Å². The predicted octanol–water partition coefficient (Wildman–Crippen LogP) is 5.26. The molecule has 2 rings (SSSR count). The van der Waals surface area contributed by atoms with E-state index >= 15 is 0 Å². The summed E-state index contributed by atoms with van der Waals surface area (Å²) in [6.45, 7) is 6.14. The molecule has 1 aliphatic rings. The van der Waals surface area contributed by atoms with E-state index in [1.807, 2.05) is 26.0 Å². The predicted molar refractivity (Wildman–Crippen MR) is 128 cm³/mol. The third-order valence-electron chi connectivity index (χ3n) is 5.34. The van der Waals surface area contributed by atoms with Gasteiger partial charge in [-0.05, 0) is 62.8 Å². The number of amides is 1. The van der Waals surface area contributed by atoms with Crippen LogP contribution in [0.4, 0.5) is 0 Å². The van der Waals surface area contributed by atoms with Gasteiger partial charge in [0.25, 0.3) is 5.91 Å². The van der Waals surface area contributed by atoms with E-state index in [1.54, 1.807) is 18.2 Å². The summed E-state index contributed by atoms with van der Waals surface area (Å²) in [5, 5.41) is 22.4. The Bertz CT molecular complexity index is 948. The van der Waals surface area contributed by atoms with Crippen molar-refractivity contribution >= 4 is 11.7 Å². The molecule has 1 heterocycles. The second-order valence-electron chi connectivity index (χ2n) is 8.17. The van der Waals surface area contributed by atoms with Gasteiger partial charge in [-0.2, -0.15) is 0 Å². The van der Waals surface area contributed by atoms with E-state index in [1.165, 1.54) is 18.2 Å². The summed E-state index contributed by atoms with van der Waals surface area (Å²) < 4.78 is 0. The molecule has 0 aromatic heterocycles. The van der Waals surface area contributed by atoms with Crippen LogP contribution in [-0.2, 0) is 16.0 Å². The number of Topliss-reactive ketones (excluding diaryl/α,β-unsaturated/α-hetero) is 1. The Morgan fingerprint density at radius 2 is 1.88 bits per heavy atom. The molecule has 170 valence electrons. The van der Waals surface area contributed by atoms with E-state index in [-0.39, 0.29) is 17.1 Å². The molecule has 2 atom stereocenters. The Kier molecular flexibility index (Phi) is 9.74. The number of allylic oxidation sites excluding steroid dienone is 8. The second kappa shape index (κ2) is 12.5. The van der Waals surface area contributed by atoms with Crippen LogP contribution in [0.1, 0.15) is 45.6 Å². The summed E-state index contributed by atoms with van der Waals surface area (Å²) in [5.41, 5.74) is 1.56.